The van der Waals surface area contributed by atoms with Crippen molar-refractivity contribution in [2.24, 2.45) is 46.8 Å². The molecule has 4 aliphatic rings. The van der Waals surface area contributed by atoms with Crippen LogP contribution in [0.15, 0.2) is 121 Å². The molecular formula is C66H86Cl6F2. The van der Waals surface area contributed by atoms with Gasteiger partial charge in [-0.15, -0.1) is 0 Å². The Balaban J connectivity index is 0.000000213. The summed E-state index contributed by atoms with van der Waals surface area (Å²) in [7, 11) is 0. The zero-order valence-corrected chi connectivity index (χ0v) is 49.7. The summed E-state index contributed by atoms with van der Waals surface area (Å²) in [5.74, 6) is 4.80. The number of hydrogen-bond donors (Lipinski definition) is 0. The molecule has 4 aromatic carbocycles. The van der Waals surface area contributed by atoms with Crippen LogP contribution in [-0.4, -0.2) is 0 Å². The van der Waals surface area contributed by atoms with Gasteiger partial charge in [-0.2, -0.15) is 0 Å². The Morgan fingerprint density at radius 1 is 0.432 bits per heavy atom. The fraction of sp³-hybridized carbons (Fsp3) is 0.515. The van der Waals surface area contributed by atoms with Crippen molar-refractivity contribution >= 4 is 69.6 Å². The minimum Gasteiger partial charge on any atom is -0.207 e. The maximum Gasteiger partial charge on any atom is 0.128 e. The molecule has 8 atom stereocenters. The number of rotatable bonds is 11. The highest BCUT2D eigenvalue weighted by Crippen LogP contribution is 2.50. The van der Waals surface area contributed by atoms with E-state index in [2.05, 4.69) is 101 Å². The van der Waals surface area contributed by atoms with E-state index >= 15 is 0 Å². The zero-order chi connectivity index (χ0) is 54.1. The van der Waals surface area contributed by atoms with E-state index in [0.717, 1.165) is 49.7 Å². The summed E-state index contributed by atoms with van der Waals surface area (Å²) in [5, 5.41) is 3.52. The summed E-state index contributed by atoms with van der Waals surface area (Å²) in [5.41, 5.74) is 9.66. The minimum atomic E-state index is -0.170. The number of hydrogen-bond acceptors (Lipinski definition) is 0. The lowest BCUT2D eigenvalue weighted by Crippen LogP contribution is -2.19. The number of benzene rings is 4. The van der Waals surface area contributed by atoms with Crippen LogP contribution in [0.3, 0.4) is 0 Å². The van der Waals surface area contributed by atoms with Crippen LogP contribution < -0.4 is 0 Å². The fourth-order valence-corrected chi connectivity index (χ4v) is 13.0. The van der Waals surface area contributed by atoms with Gasteiger partial charge in [0.25, 0.3) is 0 Å². The summed E-state index contributed by atoms with van der Waals surface area (Å²) < 4.78 is 28.1. The third kappa shape index (κ3) is 16.7. The highest BCUT2D eigenvalue weighted by molar-refractivity contribution is 6.42. The largest absolute Gasteiger partial charge is 0.207 e. The molecular weight excluding hydrogens is 1040 g/mol. The van der Waals surface area contributed by atoms with Gasteiger partial charge in [-0.25, -0.2) is 8.78 Å². The summed E-state index contributed by atoms with van der Waals surface area (Å²) in [6, 6.07) is 22.2. The average molecular weight is 1130 g/mol. The first kappa shape index (κ1) is 64.0. The molecule has 0 nitrogen and oxygen atoms in total. The van der Waals surface area contributed by atoms with Gasteiger partial charge in [0.05, 0.1) is 20.1 Å². The van der Waals surface area contributed by atoms with Gasteiger partial charge < -0.3 is 0 Å². The molecule has 0 aromatic heterocycles. The van der Waals surface area contributed by atoms with Crippen molar-refractivity contribution in [3.63, 3.8) is 0 Å². The molecule has 0 unspecified atom stereocenters. The molecule has 4 aliphatic carbocycles. The Morgan fingerprint density at radius 2 is 0.743 bits per heavy atom. The van der Waals surface area contributed by atoms with Crippen LogP contribution in [0.1, 0.15) is 193 Å². The smallest absolute Gasteiger partial charge is 0.128 e. The van der Waals surface area contributed by atoms with E-state index in [9.17, 15) is 8.78 Å². The van der Waals surface area contributed by atoms with Crippen molar-refractivity contribution in [1.82, 2.24) is 0 Å². The van der Waals surface area contributed by atoms with E-state index in [1.807, 2.05) is 36.4 Å². The first-order valence-corrected chi connectivity index (χ1v) is 29.1. The Kier molecular flexibility index (Phi) is 25.0. The molecule has 0 radical (unpaired) electrons. The molecule has 74 heavy (non-hydrogen) atoms. The lowest BCUT2D eigenvalue weighted by atomic mass is 9.74. The van der Waals surface area contributed by atoms with Crippen molar-refractivity contribution in [1.29, 1.82) is 0 Å². The molecule has 0 spiro atoms. The second-order valence-corrected chi connectivity index (χ2v) is 25.7. The Bertz CT molecular complexity index is 2440. The fourth-order valence-electron chi connectivity index (χ4n) is 12.1. The zero-order valence-electron chi connectivity index (χ0n) is 45.1. The predicted octanol–water partition coefficient (Wildman–Crippen LogP) is 24.4. The van der Waals surface area contributed by atoms with Gasteiger partial charge >= 0.3 is 0 Å². The third-order valence-electron chi connectivity index (χ3n) is 16.6. The summed E-state index contributed by atoms with van der Waals surface area (Å²) >= 11 is 35.9. The molecule has 4 fully saturated rings. The Labute approximate surface area is 477 Å². The molecule has 0 bridgehead atoms. The van der Waals surface area contributed by atoms with Crippen LogP contribution in [0.4, 0.5) is 8.78 Å². The third-order valence-corrected chi connectivity index (χ3v) is 18.5. The monoisotopic (exact) mass is 1130 g/mol. The van der Waals surface area contributed by atoms with Gasteiger partial charge in [0, 0.05) is 10.0 Å². The SMILES string of the molecule is C.C=C(C(C)C)[C@@H]1CCC[C@H]1c1ccc(Cl)cc1F.C=C(C(C)C)[C@H]1CCC[C@@H]1c1ccc(Cl)c(Cl)c1.C=C(C(C)C)[C@H]1CCC[C@@H]1c1ccc(Cl)cc1F.C=C([C@@H]1CCC[C@H]1c1ccc(Cl)c(Cl)c1)C(C)(C)C. The Morgan fingerprint density at radius 3 is 1.05 bits per heavy atom. The lowest BCUT2D eigenvalue weighted by Gasteiger charge is -2.31. The van der Waals surface area contributed by atoms with Gasteiger partial charge in [-0.3, -0.25) is 0 Å². The van der Waals surface area contributed by atoms with Crippen molar-refractivity contribution in [3.8, 4) is 0 Å². The molecule has 0 aliphatic heterocycles. The van der Waals surface area contributed by atoms with Crippen LogP contribution >= 0.6 is 69.6 Å². The van der Waals surface area contributed by atoms with E-state index in [4.69, 9.17) is 69.6 Å². The van der Waals surface area contributed by atoms with Crippen molar-refractivity contribution in [3.05, 3.63) is 185 Å². The maximum absolute atomic E-state index is 14.0. The van der Waals surface area contributed by atoms with Crippen LogP contribution in [0.2, 0.25) is 30.1 Å². The van der Waals surface area contributed by atoms with Crippen LogP contribution in [0.5, 0.6) is 0 Å². The number of halogens is 8. The standard InChI is InChI=1S/C17H22Cl2.C16H20Cl2.2C16H20ClF.CH4/c1-11(17(2,3)4)13-6-5-7-14(13)12-8-9-15(18)16(19)10-12;1-10(2)11(3)13-5-4-6-14(13)12-7-8-15(17)16(18)9-12;2*1-10(2)11(3)13-5-4-6-14(13)15-8-7-12(17)9-16(15)18;/h8-10,13-14H,1,5-7H2,2-4H3;3*7-10,13-14H,3-6H2,1-2H3;1H4/t2*13-,14-;2*13-,14+;/m0110./s1. The first-order chi connectivity index (χ1) is 34.3. The quantitative estimate of drug-likeness (QED) is 0.131. The second-order valence-electron chi connectivity index (χ2n) is 23.2. The normalized spacial score (nSPS) is 23.3. The van der Waals surface area contributed by atoms with Crippen LogP contribution in [0.25, 0.3) is 0 Å². The molecule has 0 N–H and O–H groups in total. The van der Waals surface area contributed by atoms with E-state index in [0.29, 0.717) is 83.4 Å². The van der Waals surface area contributed by atoms with Crippen molar-refractivity contribution in [2.45, 2.75) is 170 Å². The molecule has 0 amide bonds. The average Bonchev–Trinajstić information content (AvgIpc) is 4.18. The van der Waals surface area contributed by atoms with E-state index < -0.39 is 0 Å². The van der Waals surface area contributed by atoms with E-state index in [1.165, 1.54) is 84.1 Å². The van der Waals surface area contributed by atoms with Gasteiger partial charge in [0.15, 0.2) is 0 Å². The molecule has 4 aromatic rings. The van der Waals surface area contributed by atoms with Gasteiger partial charge in [0.2, 0.25) is 0 Å². The summed E-state index contributed by atoms with van der Waals surface area (Å²) in [4.78, 5) is 0. The first-order valence-electron chi connectivity index (χ1n) is 26.9. The highest BCUT2D eigenvalue weighted by atomic mass is 35.5. The van der Waals surface area contributed by atoms with Gasteiger partial charge in [-0.05, 0) is 193 Å². The molecule has 0 saturated heterocycles. The van der Waals surface area contributed by atoms with E-state index in [1.54, 1.807) is 12.1 Å². The summed E-state index contributed by atoms with van der Waals surface area (Å²) in [6.07, 6.45) is 14.2. The second kappa shape index (κ2) is 28.9. The maximum atomic E-state index is 14.0. The topological polar surface area (TPSA) is 0 Å². The van der Waals surface area contributed by atoms with Gasteiger partial charge in [0.1, 0.15) is 11.6 Å². The molecule has 0 heterocycles. The highest BCUT2D eigenvalue weighted by Gasteiger charge is 2.37. The van der Waals surface area contributed by atoms with Crippen molar-refractivity contribution in [2.75, 3.05) is 0 Å². The minimum absolute atomic E-state index is 0. The van der Waals surface area contributed by atoms with Gasteiger partial charge in [-0.1, -0.05) is 238 Å². The predicted molar refractivity (Wildman–Crippen MR) is 323 cm³/mol. The summed E-state index contributed by atoms with van der Waals surface area (Å²) in [6.45, 7) is 36.9. The molecule has 406 valence electrons. The Hall–Kier alpha value is -2.56. The molecule has 8 rings (SSSR count). The lowest BCUT2D eigenvalue weighted by molar-refractivity contribution is 0.405. The van der Waals surface area contributed by atoms with Crippen LogP contribution in [0, 0.1) is 58.5 Å². The number of allylic oxidation sites excluding steroid dienone is 4. The molecule has 8 heteroatoms. The van der Waals surface area contributed by atoms with Crippen molar-refractivity contribution < 1.29 is 8.78 Å². The molecule has 4 saturated carbocycles. The van der Waals surface area contributed by atoms with E-state index in [-0.39, 0.29) is 36.3 Å². The van der Waals surface area contributed by atoms with Crippen LogP contribution in [-0.2, 0) is 0 Å².